The molecule has 0 saturated carbocycles. The number of rotatable bonds is 1. The van der Waals surface area contributed by atoms with E-state index in [4.69, 9.17) is 4.98 Å². The summed E-state index contributed by atoms with van der Waals surface area (Å²) in [6.07, 6.45) is 0. The number of pyridine rings is 1. The molecule has 5 rings (SSSR count). The summed E-state index contributed by atoms with van der Waals surface area (Å²) in [6.45, 7) is 0. The van der Waals surface area contributed by atoms with E-state index in [9.17, 15) is 10.1 Å². The molecular formula is C19H10N2O2. The van der Waals surface area contributed by atoms with Crippen LogP contribution in [0.15, 0.2) is 60.7 Å². The molecule has 0 atom stereocenters. The van der Waals surface area contributed by atoms with Crippen LogP contribution in [0.5, 0.6) is 0 Å². The van der Waals surface area contributed by atoms with E-state index in [1.807, 2.05) is 18.2 Å². The molecule has 4 heteroatoms. The van der Waals surface area contributed by atoms with Crippen LogP contribution in [0, 0.1) is 10.1 Å². The van der Waals surface area contributed by atoms with E-state index >= 15 is 0 Å². The number of benzene rings is 3. The van der Waals surface area contributed by atoms with Gasteiger partial charge in [0, 0.05) is 28.6 Å². The van der Waals surface area contributed by atoms with Crippen molar-refractivity contribution < 1.29 is 4.92 Å². The Bertz CT molecular complexity index is 1140. The molecule has 0 saturated heterocycles. The van der Waals surface area contributed by atoms with Crippen LogP contribution < -0.4 is 0 Å². The molecule has 4 nitrogen and oxygen atoms in total. The van der Waals surface area contributed by atoms with Gasteiger partial charge in [0.25, 0.3) is 5.69 Å². The van der Waals surface area contributed by atoms with Gasteiger partial charge in [0.1, 0.15) is 0 Å². The highest BCUT2D eigenvalue weighted by molar-refractivity contribution is 6.15. The number of non-ortho nitro benzene ring substituents is 1. The topological polar surface area (TPSA) is 56.0 Å². The zero-order chi connectivity index (χ0) is 15.6. The number of hydrogen-bond acceptors (Lipinski definition) is 3. The van der Waals surface area contributed by atoms with Crippen LogP contribution in [0.1, 0.15) is 0 Å². The van der Waals surface area contributed by atoms with Gasteiger partial charge >= 0.3 is 0 Å². The summed E-state index contributed by atoms with van der Waals surface area (Å²) in [6, 6.07) is 19.3. The lowest BCUT2D eigenvalue weighted by Gasteiger charge is -2.04. The number of fused-ring (bicyclic) bond motifs is 4. The zero-order valence-corrected chi connectivity index (χ0v) is 12.0. The summed E-state index contributed by atoms with van der Waals surface area (Å²) in [4.78, 5) is 15.4. The first-order valence-electron chi connectivity index (χ1n) is 7.34. The van der Waals surface area contributed by atoms with E-state index in [0.29, 0.717) is 0 Å². The summed E-state index contributed by atoms with van der Waals surface area (Å²) in [5, 5.41) is 14.2. The Morgan fingerprint density at radius 2 is 1.61 bits per heavy atom. The minimum Gasteiger partial charge on any atom is -0.258 e. The Morgan fingerprint density at radius 3 is 2.39 bits per heavy atom. The van der Waals surface area contributed by atoms with Gasteiger partial charge in [-0.3, -0.25) is 10.1 Å². The normalized spacial score (nSPS) is 11.8. The second kappa shape index (κ2) is 4.14. The van der Waals surface area contributed by atoms with Crippen molar-refractivity contribution in [3.63, 3.8) is 0 Å². The highest BCUT2D eigenvalue weighted by Crippen LogP contribution is 2.47. The highest BCUT2D eigenvalue weighted by Gasteiger charge is 2.23. The Kier molecular flexibility index (Phi) is 2.21. The number of nitro benzene ring substituents is 1. The zero-order valence-electron chi connectivity index (χ0n) is 12.0. The van der Waals surface area contributed by atoms with Crippen LogP contribution in [0.2, 0.25) is 0 Å². The summed E-state index contributed by atoms with van der Waals surface area (Å²) in [5.41, 5.74) is 5.15. The number of nitrogens with zero attached hydrogens (tertiary/aromatic N) is 2. The van der Waals surface area contributed by atoms with Crippen molar-refractivity contribution in [2.45, 2.75) is 0 Å². The van der Waals surface area contributed by atoms with E-state index < -0.39 is 0 Å². The Labute approximate surface area is 131 Å². The molecule has 0 fully saturated rings. The predicted octanol–water partition coefficient (Wildman–Crippen LogP) is 4.94. The van der Waals surface area contributed by atoms with Gasteiger partial charge in [-0.25, -0.2) is 4.98 Å². The van der Waals surface area contributed by atoms with Crippen molar-refractivity contribution in [3.8, 4) is 22.4 Å². The molecule has 0 N–H and O–H groups in total. The average molecular weight is 298 g/mol. The SMILES string of the molecule is O=[N+]([O-])c1ccc2nc3c(cc2c1)-c1cccc2cccc-3c12. The van der Waals surface area contributed by atoms with E-state index in [-0.39, 0.29) is 10.6 Å². The van der Waals surface area contributed by atoms with Gasteiger partial charge in [-0.05, 0) is 28.5 Å². The van der Waals surface area contributed by atoms with Crippen molar-refractivity contribution in [2.75, 3.05) is 0 Å². The molecular weight excluding hydrogens is 288 g/mol. The molecule has 0 radical (unpaired) electrons. The third-order valence-electron chi connectivity index (χ3n) is 4.46. The number of nitro groups is 1. The van der Waals surface area contributed by atoms with Crippen molar-refractivity contribution in [3.05, 3.63) is 70.8 Å². The first-order valence-corrected chi connectivity index (χ1v) is 7.34. The second-order valence-electron chi connectivity index (χ2n) is 5.73. The maximum absolute atomic E-state index is 11.0. The third kappa shape index (κ3) is 1.57. The Morgan fingerprint density at radius 1 is 0.826 bits per heavy atom. The van der Waals surface area contributed by atoms with Gasteiger partial charge < -0.3 is 0 Å². The van der Waals surface area contributed by atoms with Crippen LogP contribution in [0.3, 0.4) is 0 Å². The second-order valence-corrected chi connectivity index (χ2v) is 5.73. The highest BCUT2D eigenvalue weighted by atomic mass is 16.6. The van der Waals surface area contributed by atoms with E-state index in [0.717, 1.165) is 33.3 Å². The minimum absolute atomic E-state index is 0.0907. The van der Waals surface area contributed by atoms with Gasteiger partial charge in [-0.1, -0.05) is 36.4 Å². The maximum atomic E-state index is 11.0. The molecule has 3 aromatic carbocycles. The van der Waals surface area contributed by atoms with E-state index in [1.54, 1.807) is 12.1 Å². The summed E-state index contributed by atoms with van der Waals surface area (Å²) in [7, 11) is 0. The van der Waals surface area contributed by atoms with E-state index in [2.05, 4.69) is 24.3 Å². The Balaban J connectivity index is 1.90. The van der Waals surface area contributed by atoms with Crippen molar-refractivity contribution >= 4 is 27.4 Å². The van der Waals surface area contributed by atoms with Gasteiger partial charge in [-0.15, -0.1) is 0 Å². The average Bonchev–Trinajstić information content (AvgIpc) is 2.88. The van der Waals surface area contributed by atoms with Crippen molar-refractivity contribution in [1.29, 1.82) is 0 Å². The quantitative estimate of drug-likeness (QED) is 0.325. The number of hydrogen-bond donors (Lipinski definition) is 0. The minimum atomic E-state index is -0.373. The fourth-order valence-corrected chi connectivity index (χ4v) is 3.45. The van der Waals surface area contributed by atoms with Gasteiger partial charge in [0.2, 0.25) is 0 Å². The lowest BCUT2D eigenvalue weighted by atomic mass is 10.0. The molecule has 0 aliphatic heterocycles. The standard InChI is InChI=1S/C19H10N2O2/c22-21(23)13-7-8-17-12(9-13)10-16-14-5-1-3-11-4-2-6-15(18(11)14)19(16)20-17/h1-10H. The van der Waals surface area contributed by atoms with Gasteiger partial charge in [-0.2, -0.15) is 0 Å². The monoisotopic (exact) mass is 298 g/mol. The van der Waals surface area contributed by atoms with Crippen molar-refractivity contribution in [1.82, 2.24) is 4.98 Å². The van der Waals surface area contributed by atoms with Crippen molar-refractivity contribution in [2.24, 2.45) is 0 Å². The van der Waals surface area contributed by atoms with E-state index in [1.165, 1.54) is 16.8 Å². The summed E-state index contributed by atoms with van der Waals surface area (Å²) >= 11 is 0. The summed E-state index contributed by atoms with van der Waals surface area (Å²) in [5.74, 6) is 0. The molecule has 0 unspecified atom stereocenters. The van der Waals surface area contributed by atoms with Crippen LogP contribution in [0.25, 0.3) is 44.1 Å². The first-order chi connectivity index (χ1) is 11.2. The molecule has 1 aromatic heterocycles. The third-order valence-corrected chi connectivity index (χ3v) is 4.46. The van der Waals surface area contributed by atoms with Gasteiger partial charge in [0.15, 0.2) is 0 Å². The molecule has 4 aromatic rings. The van der Waals surface area contributed by atoms with Crippen LogP contribution in [-0.4, -0.2) is 9.91 Å². The number of aromatic nitrogens is 1. The summed E-state index contributed by atoms with van der Waals surface area (Å²) < 4.78 is 0. The lowest BCUT2D eigenvalue weighted by molar-refractivity contribution is -0.384. The molecule has 1 aliphatic rings. The first kappa shape index (κ1) is 12.3. The molecule has 0 bridgehead atoms. The van der Waals surface area contributed by atoms with Gasteiger partial charge in [0.05, 0.1) is 16.1 Å². The molecule has 1 aliphatic carbocycles. The largest absolute Gasteiger partial charge is 0.270 e. The van der Waals surface area contributed by atoms with Crippen LogP contribution >= 0.6 is 0 Å². The van der Waals surface area contributed by atoms with Crippen LogP contribution in [0.4, 0.5) is 5.69 Å². The molecule has 0 amide bonds. The fourth-order valence-electron chi connectivity index (χ4n) is 3.45. The molecule has 23 heavy (non-hydrogen) atoms. The molecule has 108 valence electrons. The van der Waals surface area contributed by atoms with Crippen LogP contribution in [-0.2, 0) is 0 Å². The molecule has 0 spiro atoms. The maximum Gasteiger partial charge on any atom is 0.270 e. The Hall–Kier alpha value is -3.27. The lowest BCUT2D eigenvalue weighted by Crippen LogP contribution is -1.90. The smallest absolute Gasteiger partial charge is 0.258 e. The fraction of sp³-hybridized carbons (Fsp3) is 0. The molecule has 1 heterocycles. The predicted molar refractivity (Wildman–Crippen MR) is 90.3 cm³/mol.